The normalized spacial score (nSPS) is 14.5. The van der Waals surface area contributed by atoms with Crippen LogP contribution in [0, 0.1) is 11.6 Å². The molecule has 4 aromatic rings. The average molecular weight is 396 g/mol. The van der Waals surface area contributed by atoms with E-state index < -0.39 is 23.2 Å². The van der Waals surface area contributed by atoms with Crippen molar-refractivity contribution in [1.29, 1.82) is 0 Å². The predicted molar refractivity (Wildman–Crippen MR) is 101 cm³/mol. The van der Waals surface area contributed by atoms with Gasteiger partial charge in [-0.25, -0.2) is 18.7 Å². The summed E-state index contributed by atoms with van der Waals surface area (Å²) in [6.07, 6.45) is 2.81. The summed E-state index contributed by atoms with van der Waals surface area (Å²) >= 11 is 0. The van der Waals surface area contributed by atoms with Crippen molar-refractivity contribution in [3.63, 3.8) is 0 Å². The van der Waals surface area contributed by atoms with Crippen LogP contribution in [0.1, 0.15) is 29.8 Å². The third-order valence-electron chi connectivity index (χ3n) is 5.09. The first kappa shape index (κ1) is 18.9. The van der Waals surface area contributed by atoms with E-state index in [1.807, 2.05) is 24.3 Å². The highest BCUT2D eigenvalue weighted by Gasteiger charge is 2.40. The lowest BCUT2D eigenvalue weighted by Gasteiger charge is -2.34. The van der Waals surface area contributed by atoms with Gasteiger partial charge in [-0.15, -0.1) is 0 Å². The molecule has 0 bridgehead atoms. The minimum Gasteiger partial charge on any atom is -0.384 e. The fourth-order valence-electron chi connectivity index (χ4n) is 3.43. The first-order valence-corrected chi connectivity index (χ1v) is 8.96. The van der Waals surface area contributed by atoms with Gasteiger partial charge in [0.15, 0.2) is 11.6 Å². The molecule has 0 aliphatic carbocycles. The maximum absolute atomic E-state index is 14.6. The van der Waals surface area contributed by atoms with Gasteiger partial charge in [-0.3, -0.25) is 10.2 Å². The largest absolute Gasteiger partial charge is 0.384 e. The van der Waals surface area contributed by atoms with Crippen molar-refractivity contribution < 1.29 is 13.9 Å². The Morgan fingerprint density at radius 1 is 1.00 bits per heavy atom. The molecule has 9 heteroatoms. The fourth-order valence-corrected chi connectivity index (χ4v) is 3.43. The Balaban J connectivity index is 1.74. The Kier molecular flexibility index (Phi) is 4.89. The maximum Gasteiger partial charge on any atom is 0.180 e. The molecule has 7 nitrogen and oxygen atoms in total. The third kappa shape index (κ3) is 3.64. The minimum atomic E-state index is -1.70. The molecule has 0 saturated heterocycles. The maximum atomic E-state index is 14.6. The Morgan fingerprint density at radius 3 is 2.34 bits per heavy atom. The van der Waals surface area contributed by atoms with Gasteiger partial charge in [-0.1, -0.05) is 37.3 Å². The second kappa shape index (κ2) is 7.51. The lowest BCUT2D eigenvalue weighted by molar-refractivity contribution is 0.00742. The monoisotopic (exact) mass is 396 g/mol. The standard InChI is InChI=1S/C20H18F2N6O/c1-12(13-2-4-14(5-3-13)19-24-11-26-28-19)20(29,9-18-23-10-25-27-18)16-7-6-15(21)8-17(16)22/h2-8,10-12,29H,9H2,1H3,(H,23,25,27)(H,24,26,28)/t12-,20+/m0/s1. The van der Waals surface area contributed by atoms with E-state index in [2.05, 4.69) is 30.4 Å². The molecule has 2 heterocycles. The van der Waals surface area contributed by atoms with Crippen molar-refractivity contribution in [1.82, 2.24) is 30.4 Å². The van der Waals surface area contributed by atoms with Gasteiger partial charge in [0.25, 0.3) is 0 Å². The van der Waals surface area contributed by atoms with Gasteiger partial charge in [0.2, 0.25) is 0 Å². The van der Waals surface area contributed by atoms with Crippen molar-refractivity contribution in [2.24, 2.45) is 0 Å². The zero-order chi connectivity index (χ0) is 20.4. The van der Waals surface area contributed by atoms with Crippen LogP contribution in [-0.2, 0) is 12.0 Å². The highest BCUT2D eigenvalue weighted by Crippen LogP contribution is 2.40. The quantitative estimate of drug-likeness (QED) is 0.465. The number of rotatable bonds is 6. The van der Waals surface area contributed by atoms with Crippen LogP contribution in [0.5, 0.6) is 0 Å². The molecule has 3 N–H and O–H groups in total. The number of H-pyrrole nitrogens is 2. The Bertz CT molecular complexity index is 1080. The number of aromatic amines is 2. The molecule has 2 aromatic carbocycles. The third-order valence-corrected chi connectivity index (χ3v) is 5.09. The van der Waals surface area contributed by atoms with Crippen molar-refractivity contribution in [3.8, 4) is 11.4 Å². The molecule has 0 radical (unpaired) electrons. The molecule has 0 spiro atoms. The molecule has 0 amide bonds. The summed E-state index contributed by atoms with van der Waals surface area (Å²) < 4.78 is 28.1. The van der Waals surface area contributed by atoms with Gasteiger partial charge in [0.1, 0.15) is 29.9 Å². The molecular formula is C20H18F2N6O. The highest BCUT2D eigenvalue weighted by molar-refractivity contribution is 5.55. The van der Waals surface area contributed by atoms with Crippen molar-refractivity contribution >= 4 is 0 Å². The van der Waals surface area contributed by atoms with E-state index in [1.54, 1.807) is 6.92 Å². The predicted octanol–water partition coefficient (Wildman–Crippen LogP) is 3.10. The summed E-state index contributed by atoms with van der Waals surface area (Å²) in [5, 5.41) is 24.9. The second-order valence-corrected chi connectivity index (χ2v) is 6.81. The van der Waals surface area contributed by atoms with Gasteiger partial charge in [0.05, 0.1) is 0 Å². The number of nitrogens with zero attached hydrogens (tertiary/aromatic N) is 4. The van der Waals surface area contributed by atoms with Crippen molar-refractivity contribution in [2.75, 3.05) is 0 Å². The van der Waals surface area contributed by atoms with E-state index in [9.17, 15) is 13.9 Å². The van der Waals surface area contributed by atoms with Crippen molar-refractivity contribution in [2.45, 2.75) is 24.9 Å². The first-order chi connectivity index (χ1) is 14.0. The van der Waals surface area contributed by atoms with E-state index in [0.717, 1.165) is 23.3 Å². The molecule has 0 aliphatic rings. The number of hydrogen-bond acceptors (Lipinski definition) is 5. The smallest absolute Gasteiger partial charge is 0.180 e. The van der Waals surface area contributed by atoms with Crippen molar-refractivity contribution in [3.05, 3.63) is 83.7 Å². The SMILES string of the molecule is C[C@@H](c1ccc(-c2nc[nH]n2)cc1)[C@](O)(Cc1nc[nH]n1)c1ccc(F)cc1F. The average Bonchev–Trinajstić information content (AvgIpc) is 3.41. The summed E-state index contributed by atoms with van der Waals surface area (Å²) in [5.41, 5.74) is -0.167. The van der Waals surface area contributed by atoms with E-state index in [4.69, 9.17) is 0 Å². The van der Waals surface area contributed by atoms with Crippen LogP contribution < -0.4 is 0 Å². The molecule has 148 valence electrons. The molecule has 2 aromatic heterocycles. The number of aromatic nitrogens is 6. The highest BCUT2D eigenvalue weighted by atomic mass is 19.1. The lowest BCUT2D eigenvalue weighted by atomic mass is 9.75. The van der Waals surface area contributed by atoms with Crippen LogP contribution in [0.15, 0.2) is 55.1 Å². The Hall–Kier alpha value is -3.46. The number of benzene rings is 2. The number of nitrogens with one attached hydrogen (secondary N) is 2. The Labute approximate surface area is 164 Å². The molecular weight excluding hydrogens is 378 g/mol. The van der Waals surface area contributed by atoms with Gasteiger partial charge in [-0.2, -0.15) is 10.2 Å². The number of aliphatic hydroxyl groups is 1. The molecule has 0 fully saturated rings. The van der Waals surface area contributed by atoms with Crippen LogP contribution in [-0.4, -0.2) is 35.5 Å². The number of hydrogen-bond donors (Lipinski definition) is 3. The van der Waals surface area contributed by atoms with Gasteiger partial charge >= 0.3 is 0 Å². The summed E-state index contributed by atoms with van der Waals surface area (Å²) in [6, 6.07) is 10.4. The van der Waals surface area contributed by atoms with Crippen LogP contribution in [0.4, 0.5) is 8.78 Å². The molecule has 0 aliphatic heterocycles. The minimum absolute atomic E-state index is 0.0192. The number of halogens is 2. The van der Waals surface area contributed by atoms with Crippen LogP contribution >= 0.6 is 0 Å². The van der Waals surface area contributed by atoms with Gasteiger partial charge < -0.3 is 5.11 Å². The molecule has 4 rings (SSSR count). The van der Waals surface area contributed by atoms with Crippen LogP contribution in [0.2, 0.25) is 0 Å². The van der Waals surface area contributed by atoms with Crippen LogP contribution in [0.3, 0.4) is 0 Å². The Morgan fingerprint density at radius 2 is 1.72 bits per heavy atom. The second-order valence-electron chi connectivity index (χ2n) is 6.81. The molecule has 29 heavy (non-hydrogen) atoms. The molecule has 2 atom stereocenters. The van der Waals surface area contributed by atoms with Gasteiger partial charge in [-0.05, 0) is 11.6 Å². The summed E-state index contributed by atoms with van der Waals surface area (Å²) in [5.74, 6) is -1.23. The van der Waals surface area contributed by atoms with E-state index in [0.29, 0.717) is 11.6 Å². The molecule has 0 unspecified atom stereocenters. The lowest BCUT2D eigenvalue weighted by Crippen LogP contribution is -2.36. The van der Waals surface area contributed by atoms with E-state index in [-0.39, 0.29) is 12.0 Å². The van der Waals surface area contributed by atoms with E-state index in [1.165, 1.54) is 18.7 Å². The molecule has 0 saturated carbocycles. The fraction of sp³-hybridized carbons (Fsp3) is 0.200. The van der Waals surface area contributed by atoms with Crippen LogP contribution in [0.25, 0.3) is 11.4 Å². The van der Waals surface area contributed by atoms with E-state index >= 15 is 0 Å². The van der Waals surface area contributed by atoms with Gasteiger partial charge in [0, 0.05) is 29.5 Å². The summed E-state index contributed by atoms with van der Waals surface area (Å²) in [6.45, 7) is 1.78. The topological polar surface area (TPSA) is 103 Å². The summed E-state index contributed by atoms with van der Waals surface area (Å²) in [4.78, 5) is 8.16. The zero-order valence-corrected chi connectivity index (χ0v) is 15.5. The summed E-state index contributed by atoms with van der Waals surface area (Å²) in [7, 11) is 0. The zero-order valence-electron chi connectivity index (χ0n) is 15.5. The first-order valence-electron chi connectivity index (χ1n) is 8.96.